The minimum atomic E-state index is -2.04. The fourth-order valence-electron chi connectivity index (χ4n) is 4.25. The number of hydrogen-bond acceptors (Lipinski definition) is 6. The van der Waals surface area contributed by atoms with E-state index in [2.05, 4.69) is 37.6 Å². The Balaban J connectivity index is 0.000000166. The third kappa shape index (κ3) is 5.68. The van der Waals surface area contributed by atoms with Crippen molar-refractivity contribution in [3.63, 3.8) is 0 Å². The molecule has 2 aromatic heterocycles. The van der Waals surface area contributed by atoms with Crippen molar-refractivity contribution in [1.82, 2.24) is 14.4 Å². The lowest BCUT2D eigenvalue weighted by Crippen LogP contribution is -2.25. The fraction of sp³-hybridized carbons (Fsp3) is 0.565. The molecule has 0 bridgehead atoms. The van der Waals surface area contributed by atoms with Gasteiger partial charge >= 0.3 is 0 Å². The van der Waals surface area contributed by atoms with Crippen molar-refractivity contribution in [2.75, 3.05) is 38.9 Å². The Bertz CT molecular complexity index is 1130. The van der Waals surface area contributed by atoms with Gasteiger partial charge in [-0.3, -0.25) is 18.4 Å². The minimum Gasteiger partial charge on any atom is -0.381 e. The van der Waals surface area contributed by atoms with Crippen LogP contribution in [0.15, 0.2) is 18.5 Å². The second-order valence-corrected chi connectivity index (χ2v) is 12.5. The van der Waals surface area contributed by atoms with Crippen LogP contribution in [0.1, 0.15) is 48.7 Å². The van der Waals surface area contributed by atoms with Crippen LogP contribution in [0.3, 0.4) is 0 Å². The fourth-order valence-corrected chi connectivity index (χ4v) is 5.59. The molecule has 0 N–H and O–H groups in total. The largest absolute Gasteiger partial charge is 0.381 e. The molecular formula is C23H30BrN3O4S. The van der Waals surface area contributed by atoms with Crippen molar-refractivity contribution in [3.05, 3.63) is 35.6 Å². The number of rotatable bonds is 3. The van der Waals surface area contributed by atoms with Gasteiger partial charge in [-0.2, -0.15) is 0 Å². The Hall–Kier alpha value is -1.55. The molecule has 2 saturated heterocycles. The van der Waals surface area contributed by atoms with Crippen LogP contribution in [0.25, 0.3) is 10.1 Å². The SMILES string of the molecule is BrC1=CCc2ncc3nc(C4CCOCC4)cn3c21.CS(C)(=O)=CC(=O)C1CCOCC1. The van der Waals surface area contributed by atoms with Crippen LogP contribution in [0.4, 0.5) is 0 Å². The highest BCUT2D eigenvalue weighted by Crippen LogP contribution is 2.33. The average Bonchev–Trinajstić information content (AvgIpc) is 3.38. The molecule has 2 aliphatic heterocycles. The molecule has 9 heteroatoms. The van der Waals surface area contributed by atoms with Gasteiger partial charge in [0.1, 0.15) is 0 Å². The summed E-state index contributed by atoms with van der Waals surface area (Å²) in [4.78, 5) is 20.8. The van der Waals surface area contributed by atoms with Crippen molar-refractivity contribution < 1.29 is 18.5 Å². The summed E-state index contributed by atoms with van der Waals surface area (Å²) in [5, 5.41) is 1.38. The van der Waals surface area contributed by atoms with E-state index in [9.17, 15) is 9.00 Å². The predicted octanol–water partition coefficient (Wildman–Crippen LogP) is 3.24. The number of imidazole rings is 1. The first kappa shape index (κ1) is 23.6. The third-order valence-corrected chi connectivity index (χ3v) is 7.47. The highest BCUT2D eigenvalue weighted by molar-refractivity contribution is 9.15. The maximum Gasteiger partial charge on any atom is 0.166 e. The number of hydrogen-bond donors (Lipinski definition) is 0. The van der Waals surface area contributed by atoms with E-state index in [-0.39, 0.29) is 11.7 Å². The molecule has 0 aromatic carbocycles. The summed E-state index contributed by atoms with van der Waals surface area (Å²) in [5.74, 6) is 0.584. The molecule has 32 heavy (non-hydrogen) atoms. The molecule has 3 aliphatic rings. The van der Waals surface area contributed by atoms with Crippen LogP contribution >= 0.6 is 15.9 Å². The first-order chi connectivity index (χ1) is 15.3. The highest BCUT2D eigenvalue weighted by atomic mass is 79.9. The maximum absolute atomic E-state index is 11.5. The number of Topliss-reactive ketones (excluding diaryl/α,β-unsaturated/α-hetero) is 1. The van der Waals surface area contributed by atoms with Crippen molar-refractivity contribution in [3.8, 4) is 0 Å². The number of ketones is 1. The van der Waals surface area contributed by atoms with Crippen LogP contribution in [-0.4, -0.2) is 68.7 Å². The molecule has 2 aromatic rings. The number of fused-ring (bicyclic) bond motifs is 3. The number of allylic oxidation sites excluding steroid dienone is 1. The van der Waals surface area contributed by atoms with Crippen molar-refractivity contribution in [1.29, 1.82) is 0 Å². The zero-order chi connectivity index (χ0) is 22.7. The van der Waals surface area contributed by atoms with Crippen molar-refractivity contribution in [2.24, 2.45) is 5.92 Å². The molecule has 0 unspecified atom stereocenters. The van der Waals surface area contributed by atoms with E-state index in [4.69, 9.17) is 14.5 Å². The maximum atomic E-state index is 11.5. The van der Waals surface area contributed by atoms with Gasteiger partial charge in [-0.05, 0) is 51.1 Å². The summed E-state index contributed by atoms with van der Waals surface area (Å²) >= 11 is 3.62. The molecule has 7 nitrogen and oxygen atoms in total. The van der Waals surface area contributed by atoms with Crippen LogP contribution < -0.4 is 0 Å². The number of carbonyl (C=O) groups excluding carboxylic acids is 1. The molecule has 0 spiro atoms. The third-order valence-electron chi connectivity index (χ3n) is 5.97. The zero-order valence-electron chi connectivity index (χ0n) is 18.6. The van der Waals surface area contributed by atoms with E-state index in [1.807, 2.05) is 6.20 Å². The summed E-state index contributed by atoms with van der Waals surface area (Å²) in [6.07, 6.45) is 14.0. The van der Waals surface area contributed by atoms with E-state index in [1.165, 1.54) is 11.1 Å². The lowest BCUT2D eigenvalue weighted by molar-refractivity contribution is -0.118. The summed E-state index contributed by atoms with van der Waals surface area (Å²) in [6, 6.07) is 0. The zero-order valence-corrected chi connectivity index (χ0v) is 21.0. The van der Waals surface area contributed by atoms with Crippen LogP contribution in [0, 0.1) is 5.92 Å². The average molecular weight is 524 g/mol. The number of halogens is 1. The Labute approximate surface area is 197 Å². The van der Waals surface area contributed by atoms with E-state index in [0.29, 0.717) is 19.1 Å². The topological polar surface area (TPSA) is 82.8 Å². The lowest BCUT2D eigenvalue weighted by atomic mass is 9.97. The first-order valence-corrected chi connectivity index (χ1v) is 14.3. The van der Waals surface area contributed by atoms with Gasteiger partial charge in [0, 0.05) is 73.2 Å². The molecule has 5 rings (SSSR count). The van der Waals surface area contributed by atoms with E-state index < -0.39 is 9.52 Å². The molecule has 0 amide bonds. The number of carbonyl (C=O) groups is 1. The van der Waals surface area contributed by atoms with Gasteiger partial charge in [-0.15, -0.1) is 0 Å². The monoisotopic (exact) mass is 523 g/mol. The summed E-state index contributed by atoms with van der Waals surface area (Å²) in [7, 11) is -2.04. The molecule has 1 aliphatic carbocycles. The molecule has 174 valence electrons. The van der Waals surface area contributed by atoms with Crippen LogP contribution in [0.5, 0.6) is 0 Å². The summed E-state index contributed by atoms with van der Waals surface area (Å²) in [5.41, 5.74) is 4.39. The summed E-state index contributed by atoms with van der Waals surface area (Å²) < 4.78 is 25.2. The molecule has 0 radical (unpaired) electrons. The summed E-state index contributed by atoms with van der Waals surface area (Å²) in [6.45, 7) is 2.99. The quantitative estimate of drug-likeness (QED) is 0.574. The van der Waals surface area contributed by atoms with Gasteiger partial charge < -0.3 is 9.47 Å². The van der Waals surface area contributed by atoms with Gasteiger partial charge in [0.05, 0.1) is 23.3 Å². The molecular weight excluding hydrogens is 494 g/mol. The van der Waals surface area contributed by atoms with E-state index in [1.54, 1.807) is 12.5 Å². The van der Waals surface area contributed by atoms with E-state index in [0.717, 1.165) is 66.8 Å². The van der Waals surface area contributed by atoms with Crippen molar-refractivity contribution in [2.45, 2.75) is 38.0 Å². The molecule has 0 atom stereocenters. The van der Waals surface area contributed by atoms with Gasteiger partial charge in [0.2, 0.25) is 0 Å². The number of aromatic nitrogens is 3. The van der Waals surface area contributed by atoms with Gasteiger partial charge in [0.15, 0.2) is 11.4 Å². The smallest absolute Gasteiger partial charge is 0.166 e. The van der Waals surface area contributed by atoms with Gasteiger partial charge in [-0.25, -0.2) is 4.98 Å². The Kier molecular flexibility index (Phi) is 7.49. The standard InChI is InChI=1S/C14H14BrN3O.C9H16O3S/c15-10-1-2-11-14(10)18-8-12(17-13(18)7-16-11)9-3-5-19-6-4-9;1-13(2,11)7-9(10)8-3-5-12-6-4-8/h1,7-9H,2-6H2;7-8H,3-6H2,1-2H3. The minimum absolute atomic E-state index is 0.0262. The number of nitrogens with zero attached hydrogens (tertiary/aromatic N) is 3. The normalized spacial score (nSPS) is 19.8. The van der Waals surface area contributed by atoms with E-state index >= 15 is 0 Å². The Morgan fingerprint density at radius 1 is 1.16 bits per heavy atom. The second kappa shape index (κ2) is 10.2. The van der Waals surface area contributed by atoms with Crippen molar-refractivity contribution >= 4 is 46.7 Å². The Morgan fingerprint density at radius 3 is 2.47 bits per heavy atom. The first-order valence-electron chi connectivity index (χ1n) is 11.0. The molecule has 0 saturated carbocycles. The molecule has 4 heterocycles. The van der Waals surface area contributed by atoms with Gasteiger partial charge in [-0.1, -0.05) is 6.08 Å². The van der Waals surface area contributed by atoms with Gasteiger partial charge in [0.25, 0.3) is 0 Å². The predicted molar refractivity (Wildman–Crippen MR) is 131 cm³/mol. The van der Waals surface area contributed by atoms with Crippen LogP contribution in [0.2, 0.25) is 0 Å². The Morgan fingerprint density at radius 2 is 1.81 bits per heavy atom. The van der Waals surface area contributed by atoms with Crippen LogP contribution in [-0.2, 0) is 30.2 Å². The molecule has 2 fully saturated rings. The second-order valence-electron chi connectivity index (χ2n) is 8.81. The number of ether oxygens (including phenoxy) is 2. The lowest BCUT2D eigenvalue weighted by Gasteiger charge is -2.19. The highest BCUT2D eigenvalue weighted by Gasteiger charge is 2.23.